The number of rotatable bonds is 21. The second kappa shape index (κ2) is 21.6. The first-order valence-electron chi connectivity index (χ1n) is 11.4. The second-order valence-corrected chi connectivity index (χ2v) is 7.63. The lowest BCUT2D eigenvalue weighted by Crippen LogP contribution is -2.33. The standard InChI is InChI=1S/C22H46N2O3/c1-2-3-4-5-6-7-8-9-10-12-16-23-22(27)15-18-24(19-21-26)17-13-11-14-20-25/h25-26H,2-21H2,1H3,(H,23,27). The van der Waals surface area contributed by atoms with Crippen LogP contribution < -0.4 is 5.32 Å². The van der Waals surface area contributed by atoms with Gasteiger partial charge in [-0.1, -0.05) is 64.7 Å². The van der Waals surface area contributed by atoms with E-state index in [0.29, 0.717) is 19.5 Å². The summed E-state index contributed by atoms with van der Waals surface area (Å²) in [5, 5.41) is 21.0. The molecule has 0 radical (unpaired) electrons. The van der Waals surface area contributed by atoms with E-state index < -0.39 is 0 Å². The Labute approximate surface area is 167 Å². The number of aliphatic hydroxyl groups excluding tert-OH is 2. The number of unbranched alkanes of at least 4 members (excludes halogenated alkanes) is 11. The molecular weight excluding hydrogens is 340 g/mol. The maximum atomic E-state index is 12.0. The Morgan fingerprint density at radius 2 is 1.30 bits per heavy atom. The Morgan fingerprint density at radius 3 is 1.89 bits per heavy atom. The van der Waals surface area contributed by atoms with Crippen LogP contribution in [0.3, 0.4) is 0 Å². The van der Waals surface area contributed by atoms with Gasteiger partial charge in [-0.25, -0.2) is 0 Å². The zero-order valence-corrected chi connectivity index (χ0v) is 17.9. The first kappa shape index (κ1) is 26.4. The minimum Gasteiger partial charge on any atom is -0.396 e. The average Bonchev–Trinajstić information content (AvgIpc) is 2.67. The van der Waals surface area contributed by atoms with Crippen LogP contribution in [0.15, 0.2) is 0 Å². The predicted molar refractivity (Wildman–Crippen MR) is 114 cm³/mol. The van der Waals surface area contributed by atoms with Crippen LogP contribution in [-0.2, 0) is 4.79 Å². The highest BCUT2D eigenvalue weighted by Gasteiger charge is 2.07. The summed E-state index contributed by atoms with van der Waals surface area (Å²) in [6, 6.07) is 0. The van der Waals surface area contributed by atoms with E-state index in [1.165, 1.54) is 57.8 Å². The van der Waals surface area contributed by atoms with Crippen molar-refractivity contribution in [2.75, 3.05) is 39.4 Å². The van der Waals surface area contributed by atoms with Crippen LogP contribution in [0.25, 0.3) is 0 Å². The number of nitrogens with zero attached hydrogens (tertiary/aromatic N) is 1. The van der Waals surface area contributed by atoms with Gasteiger partial charge >= 0.3 is 0 Å². The zero-order valence-electron chi connectivity index (χ0n) is 17.9. The summed E-state index contributed by atoms with van der Waals surface area (Å²) in [6.07, 6.45) is 16.4. The summed E-state index contributed by atoms with van der Waals surface area (Å²) in [5.41, 5.74) is 0. The molecule has 5 heteroatoms. The van der Waals surface area contributed by atoms with Crippen molar-refractivity contribution in [3.63, 3.8) is 0 Å². The molecular formula is C22H46N2O3. The first-order valence-corrected chi connectivity index (χ1v) is 11.4. The van der Waals surface area contributed by atoms with Gasteiger partial charge in [-0.3, -0.25) is 4.79 Å². The van der Waals surface area contributed by atoms with Crippen molar-refractivity contribution in [1.82, 2.24) is 10.2 Å². The summed E-state index contributed by atoms with van der Waals surface area (Å²) in [5.74, 6) is 0.115. The highest BCUT2D eigenvalue weighted by atomic mass is 16.3. The SMILES string of the molecule is CCCCCCCCCCCCNC(=O)CCN(CCO)CCCCCO. The summed E-state index contributed by atoms with van der Waals surface area (Å²) in [7, 11) is 0. The minimum atomic E-state index is 0.115. The van der Waals surface area contributed by atoms with E-state index in [9.17, 15) is 4.79 Å². The Morgan fingerprint density at radius 1 is 0.704 bits per heavy atom. The summed E-state index contributed by atoms with van der Waals surface area (Å²) in [6.45, 7) is 5.60. The molecule has 0 aromatic rings. The summed E-state index contributed by atoms with van der Waals surface area (Å²) < 4.78 is 0. The smallest absolute Gasteiger partial charge is 0.221 e. The average molecular weight is 387 g/mol. The van der Waals surface area contributed by atoms with Crippen molar-refractivity contribution in [1.29, 1.82) is 0 Å². The van der Waals surface area contributed by atoms with E-state index in [1.54, 1.807) is 0 Å². The molecule has 0 aliphatic carbocycles. The van der Waals surface area contributed by atoms with Crippen molar-refractivity contribution >= 4 is 5.91 Å². The fourth-order valence-corrected chi connectivity index (χ4v) is 3.29. The van der Waals surface area contributed by atoms with Gasteiger partial charge in [-0.05, 0) is 32.2 Å². The third-order valence-electron chi connectivity index (χ3n) is 5.06. The Kier molecular flexibility index (Phi) is 21.1. The van der Waals surface area contributed by atoms with Crippen molar-refractivity contribution in [3.8, 4) is 0 Å². The van der Waals surface area contributed by atoms with E-state index in [1.807, 2.05) is 0 Å². The number of hydrogen-bond donors (Lipinski definition) is 3. The van der Waals surface area contributed by atoms with E-state index in [-0.39, 0.29) is 19.1 Å². The molecule has 0 aromatic carbocycles. The van der Waals surface area contributed by atoms with Gasteiger partial charge < -0.3 is 20.4 Å². The molecule has 0 atom stereocenters. The summed E-state index contributed by atoms with van der Waals surface area (Å²) >= 11 is 0. The normalized spacial score (nSPS) is 11.3. The van der Waals surface area contributed by atoms with Crippen LogP contribution in [0, 0.1) is 0 Å². The monoisotopic (exact) mass is 386 g/mol. The molecule has 0 saturated heterocycles. The predicted octanol–water partition coefficient (Wildman–Crippen LogP) is 3.87. The van der Waals surface area contributed by atoms with Crippen LogP contribution in [0.5, 0.6) is 0 Å². The van der Waals surface area contributed by atoms with E-state index in [2.05, 4.69) is 17.1 Å². The van der Waals surface area contributed by atoms with Crippen LogP contribution in [0.2, 0.25) is 0 Å². The number of nitrogens with one attached hydrogen (secondary N) is 1. The van der Waals surface area contributed by atoms with Gasteiger partial charge in [-0.2, -0.15) is 0 Å². The van der Waals surface area contributed by atoms with Crippen molar-refractivity contribution in [3.05, 3.63) is 0 Å². The molecule has 3 N–H and O–H groups in total. The van der Waals surface area contributed by atoms with E-state index >= 15 is 0 Å². The minimum absolute atomic E-state index is 0.115. The Bertz CT molecular complexity index is 314. The maximum absolute atomic E-state index is 12.0. The Hall–Kier alpha value is -0.650. The maximum Gasteiger partial charge on any atom is 0.221 e. The molecule has 0 spiro atoms. The molecule has 0 bridgehead atoms. The molecule has 27 heavy (non-hydrogen) atoms. The van der Waals surface area contributed by atoms with Gasteiger partial charge in [0.05, 0.1) is 6.61 Å². The molecule has 0 rings (SSSR count). The number of amides is 1. The molecule has 0 heterocycles. The number of carbonyl (C=O) groups excluding carboxylic acids is 1. The Balaban J connectivity index is 3.50. The van der Waals surface area contributed by atoms with Gasteiger partial charge in [0.1, 0.15) is 0 Å². The lowest BCUT2D eigenvalue weighted by Gasteiger charge is -2.20. The molecule has 1 amide bonds. The molecule has 0 saturated carbocycles. The topological polar surface area (TPSA) is 72.8 Å². The van der Waals surface area contributed by atoms with Gasteiger partial charge in [-0.15, -0.1) is 0 Å². The first-order chi connectivity index (χ1) is 13.2. The highest BCUT2D eigenvalue weighted by Crippen LogP contribution is 2.10. The number of aliphatic hydroxyl groups is 2. The molecule has 0 aliphatic heterocycles. The summed E-state index contributed by atoms with van der Waals surface area (Å²) in [4.78, 5) is 14.1. The van der Waals surface area contributed by atoms with E-state index in [4.69, 9.17) is 10.2 Å². The van der Waals surface area contributed by atoms with Gasteiger partial charge in [0.15, 0.2) is 0 Å². The molecule has 0 unspecified atom stereocenters. The second-order valence-electron chi connectivity index (χ2n) is 7.63. The fourth-order valence-electron chi connectivity index (χ4n) is 3.29. The molecule has 0 fully saturated rings. The number of hydrogen-bond acceptors (Lipinski definition) is 4. The molecule has 162 valence electrons. The van der Waals surface area contributed by atoms with Crippen molar-refractivity contribution in [2.45, 2.75) is 96.8 Å². The lowest BCUT2D eigenvalue weighted by molar-refractivity contribution is -0.121. The van der Waals surface area contributed by atoms with Gasteiger partial charge in [0.2, 0.25) is 5.91 Å². The van der Waals surface area contributed by atoms with Crippen LogP contribution in [-0.4, -0.2) is 60.4 Å². The zero-order chi connectivity index (χ0) is 20.0. The molecule has 0 aliphatic rings. The fraction of sp³-hybridized carbons (Fsp3) is 0.955. The molecule has 5 nitrogen and oxygen atoms in total. The largest absolute Gasteiger partial charge is 0.396 e. The lowest BCUT2D eigenvalue weighted by atomic mass is 10.1. The quantitative estimate of drug-likeness (QED) is 0.262. The highest BCUT2D eigenvalue weighted by molar-refractivity contribution is 5.75. The van der Waals surface area contributed by atoms with Gasteiger partial charge in [0.25, 0.3) is 0 Å². The van der Waals surface area contributed by atoms with Crippen LogP contribution in [0.4, 0.5) is 0 Å². The van der Waals surface area contributed by atoms with E-state index in [0.717, 1.165) is 38.8 Å². The molecule has 0 aromatic heterocycles. The van der Waals surface area contributed by atoms with Crippen molar-refractivity contribution < 1.29 is 15.0 Å². The number of carbonyl (C=O) groups is 1. The van der Waals surface area contributed by atoms with Crippen molar-refractivity contribution in [2.24, 2.45) is 0 Å². The van der Waals surface area contributed by atoms with Gasteiger partial charge in [0, 0.05) is 32.7 Å². The third kappa shape index (κ3) is 19.9. The van der Waals surface area contributed by atoms with Crippen LogP contribution in [0.1, 0.15) is 96.8 Å². The third-order valence-corrected chi connectivity index (χ3v) is 5.06. The van der Waals surface area contributed by atoms with Crippen LogP contribution >= 0.6 is 0 Å².